The van der Waals surface area contributed by atoms with Crippen molar-refractivity contribution in [1.82, 2.24) is 14.5 Å². The van der Waals surface area contributed by atoms with Gasteiger partial charge in [0, 0.05) is 12.6 Å². The molecule has 1 aliphatic rings. The minimum atomic E-state index is -0.413. The highest BCUT2D eigenvalue weighted by Gasteiger charge is 2.24. The number of aryl methyl sites for hydroxylation is 1. The largest absolute Gasteiger partial charge is 0.358 e. The Morgan fingerprint density at radius 1 is 1.18 bits per heavy atom. The lowest BCUT2D eigenvalue weighted by Crippen LogP contribution is -2.45. The summed E-state index contributed by atoms with van der Waals surface area (Å²) in [6.07, 6.45) is 0. The van der Waals surface area contributed by atoms with Crippen LogP contribution in [0.1, 0.15) is 25.0 Å². The monoisotopic (exact) mass is 300 g/mol. The Labute approximate surface area is 128 Å². The van der Waals surface area contributed by atoms with Crippen molar-refractivity contribution in [2.75, 3.05) is 12.0 Å². The number of aromatic nitrogens is 2. The molecule has 6 nitrogen and oxygen atoms in total. The number of aromatic amines is 1. The Kier molecular flexibility index (Phi) is 3.62. The molecule has 0 spiro atoms. The van der Waals surface area contributed by atoms with E-state index in [1.807, 2.05) is 31.2 Å². The van der Waals surface area contributed by atoms with E-state index in [1.165, 1.54) is 0 Å². The maximum absolute atomic E-state index is 12.3. The van der Waals surface area contributed by atoms with Gasteiger partial charge >= 0.3 is 5.69 Å². The third-order valence-electron chi connectivity index (χ3n) is 4.10. The molecule has 1 aromatic carbocycles. The van der Waals surface area contributed by atoms with Crippen LogP contribution in [-0.4, -0.2) is 27.2 Å². The molecule has 2 N–H and O–H groups in total. The second-order valence-electron chi connectivity index (χ2n) is 5.88. The molecule has 0 saturated carbocycles. The predicted octanol–water partition coefficient (Wildman–Crippen LogP) is 1.43. The molecule has 2 heterocycles. The SMILES string of the molecule is Cc1ccccc1-n1c2c(c(=O)[nH]c1=O)CN(C(C)C)CN2. The zero-order valence-corrected chi connectivity index (χ0v) is 13.0. The fraction of sp³-hybridized carbons (Fsp3) is 0.375. The van der Waals surface area contributed by atoms with Gasteiger partial charge in [-0.3, -0.25) is 14.7 Å². The molecular weight excluding hydrogens is 280 g/mol. The third-order valence-corrected chi connectivity index (χ3v) is 4.10. The van der Waals surface area contributed by atoms with E-state index >= 15 is 0 Å². The molecule has 0 unspecified atom stereocenters. The number of para-hydroxylation sites is 1. The fourth-order valence-electron chi connectivity index (χ4n) is 2.75. The molecule has 22 heavy (non-hydrogen) atoms. The van der Waals surface area contributed by atoms with E-state index < -0.39 is 5.69 Å². The Balaban J connectivity index is 2.22. The summed E-state index contributed by atoms with van der Waals surface area (Å²) >= 11 is 0. The van der Waals surface area contributed by atoms with Gasteiger partial charge in [0.1, 0.15) is 5.82 Å². The molecule has 116 valence electrons. The van der Waals surface area contributed by atoms with E-state index in [0.717, 1.165) is 11.3 Å². The van der Waals surface area contributed by atoms with Gasteiger partial charge in [-0.2, -0.15) is 0 Å². The molecule has 3 rings (SSSR count). The summed E-state index contributed by atoms with van der Waals surface area (Å²) in [7, 11) is 0. The Bertz CT molecular complexity index is 820. The number of fused-ring (bicyclic) bond motifs is 1. The van der Waals surface area contributed by atoms with E-state index in [-0.39, 0.29) is 5.56 Å². The Hall–Kier alpha value is -2.34. The lowest BCUT2D eigenvalue weighted by molar-refractivity contribution is 0.219. The van der Waals surface area contributed by atoms with Crippen molar-refractivity contribution in [3.63, 3.8) is 0 Å². The summed E-state index contributed by atoms with van der Waals surface area (Å²) in [5, 5.41) is 3.24. The summed E-state index contributed by atoms with van der Waals surface area (Å²) in [5.41, 5.74) is 1.63. The number of nitrogens with one attached hydrogen (secondary N) is 2. The third kappa shape index (κ3) is 2.35. The van der Waals surface area contributed by atoms with E-state index in [1.54, 1.807) is 4.57 Å². The van der Waals surface area contributed by atoms with Crippen molar-refractivity contribution in [1.29, 1.82) is 0 Å². The first-order valence-corrected chi connectivity index (χ1v) is 7.41. The van der Waals surface area contributed by atoms with Gasteiger partial charge in [0.15, 0.2) is 0 Å². The maximum atomic E-state index is 12.3. The first-order valence-electron chi connectivity index (χ1n) is 7.41. The van der Waals surface area contributed by atoms with Crippen molar-refractivity contribution in [3.8, 4) is 5.69 Å². The van der Waals surface area contributed by atoms with Crippen LogP contribution in [0.25, 0.3) is 5.69 Å². The van der Waals surface area contributed by atoms with Crippen LogP contribution in [0.15, 0.2) is 33.9 Å². The number of rotatable bonds is 2. The zero-order chi connectivity index (χ0) is 15.9. The van der Waals surface area contributed by atoms with Crippen LogP contribution in [0.4, 0.5) is 5.82 Å². The van der Waals surface area contributed by atoms with Crippen LogP contribution in [0.3, 0.4) is 0 Å². The van der Waals surface area contributed by atoms with Crippen LogP contribution >= 0.6 is 0 Å². The lowest BCUT2D eigenvalue weighted by atomic mass is 10.1. The van der Waals surface area contributed by atoms with Gasteiger partial charge < -0.3 is 5.32 Å². The van der Waals surface area contributed by atoms with Crippen molar-refractivity contribution >= 4 is 5.82 Å². The minimum Gasteiger partial charge on any atom is -0.358 e. The van der Waals surface area contributed by atoms with E-state index in [2.05, 4.69) is 29.0 Å². The van der Waals surface area contributed by atoms with Crippen molar-refractivity contribution in [2.45, 2.75) is 33.4 Å². The molecule has 6 heteroatoms. The summed E-state index contributed by atoms with van der Waals surface area (Å²) in [6, 6.07) is 7.96. The van der Waals surface area contributed by atoms with E-state index in [0.29, 0.717) is 30.6 Å². The number of hydrogen-bond donors (Lipinski definition) is 2. The second-order valence-corrected chi connectivity index (χ2v) is 5.88. The molecule has 0 radical (unpaired) electrons. The summed E-state index contributed by atoms with van der Waals surface area (Å²) in [6.45, 7) is 7.25. The standard InChI is InChI=1S/C16H20N4O2/c1-10(2)19-8-12-14(17-9-19)20(16(22)18-15(12)21)13-7-5-4-6-11(13)3/h4-7,10,17H,8-9H2,1-3H3,(H,18,21,22). The number of nitrogens with zero attached hydrogens (tertiary/aromatic N) is 2. The smallest absolute Gasteiger partial charge is 0.334 e. The molecule has 1 aliphatic heterocycles. The fourth-order valence-corrected chi connectivity index (χ4v) is 2.75. The van der Waals surface area contributed by atoms with Gasteiger partial charge in [0.05, 0.1) is 17.9 Å². The summed E-state index contributed by atoms with van der Waals surface area (Å²) in [4.78, 5) is 29.1. The van der Waals surface area contributed by atoms with Crippen LogP contribution in [-0.2, 0) is 6.54 Å². The first-order chi connectivity index (χ1) is 10.5. The van der Waals surface area contributed by atoms with Crippen LogP contribution in [0.5, 0.6) is 0 Å². The highest BCUT2D eigenvalue weighted by Crippen LogP contribution is 2.23. The quantitative estimate of drug-likeness (QED) is 0.880. The molecule has 0 atom stereocenters. The zero-order valence-electron chi connectivity index (χ0n) is 13.0. The van der Waals surface area contributed by atoms with E-state index in [4.69, 9.17) is 0 Å². The molecular formula is C16H20N4O2. The van der Waals surface area contributed by atoms with Gasteiger partial charge in [0.25, 0.3) is 5.56 Å². The predicted molar refractivity (Wildman–Crippen MR) is 86.6 cm³/mol. The number of hydrogen-bond acceptors (Lipinski definition) is 4. The lowest BCUT2D eigenvalue weighted by Gasteiger charge is -2.33. The second kappa shape index (κ2) is 5.46. The van der Waals surface area contributed by atoms with Crippen molar-refractivity contribution < 1.29 is 0 Å². The minimum absolute atomic E-state index is 0.317. The maximum Gasteiger partial charge on any atom is 0.334 e. The van der Waals surface area contributed by atoms with Crippen molar-refractivity contribution in [3.05, 3.63) is 56.2 Å². The molecule has 1 aromatic heterocycles. The van der Waals surface area contributed by atoms with Crippen LogP contribution in [0, 0.1) is 6.92 Å². The average Bonchev–Trinajstić information content (AvgIpc) is 2.48. The van der Waals surface area contributed by atoms with E-state index in [9.17, 15) is 9.59 Å². The Morgan fingerprint density at radius 2 is 1.91 bits per heavy atom. The van der Waals surface area contributed by atoms with Gasteiger partial charge in [-0.05, 0) is 32.4 Å². The van der Waals surface area contributed by atoms with Crippen LogP contribution < -0.4 is 16.6 Å². The first kappa shape index (κ1) is 14.6. The normalized spacial score (nSPS) is 14.7. The number of H-pyrrole nitrogens is 1. The Morgan fingerprint density at radius 3 is 2.59 bits per heavy atom. The van der Waals surface area contributed by atoms with Crippen LogP contribution in [0.2, 0.25) is 0 Å². The number of benzene rings is 1. The molecule has 0 bridgehead atoms. The molecule has 2 aromatic rings. The highest BCUT2D eigenvalue weighted by molar-refractivity contribution is 5.54. The molecule has 0 saturated heterocycles. The highest BCUT2D eigenvalue weighted by atomic mass is 16.2. The molecule has 0 aliphatic carbocycles. The summed E-state index contributed by atoms with van der Waals surface area (Å²) < 4.78 is 1.56. The molecule has 0 amide bonds. The van der Waals surface area contributed by atoms with Gasteiger partial charge in [-0.25, -0.2) is 9.36 Å². The topological polar surface area (TPSA) is 70.1 Å². The average molecular weight is 300 g/mol. The van der Waals surface area contributed by atoms with Crippen molar-refractivity contribution in [2.24, 2.45) is 0 Å². The van der Waals surface area contributed by atoms with Gasteiger partial charge in [-0.15, -0.1) is 0 Å². The van der Waals surface area contributed by atoms with Gasteiger partial charge in [0.2, 0.25) is 0 Å². The number of anilines is 1. The molecule has 0 fully saturated rings. The van der Waals surface area contributed by atoms with Gasteiger partial charge in [-0.1, -0.05) is 18.2 Å². The summed E-state index contributed by atoms with van der Waals surface area (Å²) in [5.74, 6) is 0.597.